The predicted octanol–water partition coefficient (Wildman–Crippen LogP) is 3.03. The summed E-state index contributed by atoms with van der Waals surface area (Å²) in [4.78, 5) is 11.2. The molecule has 2 aromatic rings. The van der Waals surface area contributed by atoms with E-state index in [0.29, 0.717) is 17.0 Å². The Bertz CT molecular complexity index is 795. The number of esters is 1. The van der Waals surface area contributed by atoms with Gasteiger partial charge in [0.15, 0.2) is 0 Å². The largest absolute Gasteiger partial charge is 0.426 e. The third-order valence-electron chi connectivity index (χ3n) is 3.01. The SMILES string of the molecule is CC(=O)Oc1ccc(NS(=O)(=O)c2ccc(C)cc2)cc1C. The Labute approximate surface area is 130 Å². The van der Waals surface area contributed by atoms with Crippen LogP contribution < -0.4 is 9.46 Å². The molecule has 0 fully saturated rings. The van der Waals surface area contributed by atoms with Gasteiger partial charge in [0, 0.05) is 12.6 Å². The fourth-order valence-electron chi connectivity index (χ4n) is 1.91. The molecule has 0 radical (unpaired) electrons. The monoisotopic (exact) mass is 319 g/mol. The van der Waals surface area contributed by atoms with E-state index in [2.05, 4.69) is 4.72 Å². The molecule has 0 unspecified atom stereocenters. The molecule has 0 saturated heterocycles. The van der Waals surface area contributed by atoms with Crippen LogP contribution >= 0.6 is 0 Å². The second-order valence-corrected chi connectivity index (χ2v) is 6.67. The maximum absolute atomic E-state index is 12.3. The molecule has 0 bridgehead atoms. The summed E-state index contributed by atoms with van der Waals surface area (Å²) in [6, 6.07) is 11.3. The van der Waals surface area contributed by atoms with Crippen molar-refractivity contribution < 1.29 is 17.9 Å². The van der Waals surface area contributed by atoms with Gasteiger partial charge in [0.05, 0.1) is 4.90 Å². The van der Waals surface area contributed by atoms with Gasteiger partial charge in [0.25, 0.3) is 10.0 Å². The molecule has 5 nitrogen and oxygen atoms in total. The zero-order chi connectivity index (χ0) is 16.3. The molecule has 0 aromatic heterocycles. The first-order chi connectivity index (χ1) is 10.3. The average molecular weight is 319 g/mol. The van der Waals surface area contributed by atoms with Crippen LogP contribution in [0.2, 0.25) is 0 Å². The van der Waals surface area contributed by atoms with E-state index >= 15 is 0 Å². The molecule has 0 atom stereocenters. The van der Waals surface area contributed by atoms with Gasteiger partial charge < -0.3 is 4.74 Å². The first kappa shape index (κ1) is 16.0. The smallest absolute Gasteiger partial charge is 0.308 e. The van der Waals surface area contributed by atoms with Gasteiger partial charge in [-0.3, -0.25) is 9.52 Å². The van der Waals surface area contributed by atoms with Gasteiger partial charge in [0.1, 0.15) is 5.75 Å². The zero-order valence-electron chi connectivity index (χ0n) is 12.6. The minimum atomic E-state index is -3.64. The normalized spacial score (nSPS) is 11.0. The molecule has 0 aliphatic rings. The molecule has 22 heavy (non-hydrogen) atoms. The number of sulfonamides is 1. The molecule has 1 N–H and O–H groups in total. The van der Waals surface area contributed by atoms with Crippen LogP contribution in [0.4, 0.5) is 5.69 Å². The highest BCUT2D eigenvalue weighted by molar-refractivity contribution is 7.92. The molecule has 0 amide bonds. The highest BCUT2D eigenvalue weighted by Crippen LogP contribution is 2.24. The summed E-state index contributed by atoms with van der Waals surface area (Å²) < 4.78 is 32.1. The van der Waals surface area contributed by atoms with Crippen LogP contribution in [0.5, 0.6) is 5.75 Å². The summed E-state index contributed by atoms with van der Waals surface area (Å²) in [6.07, 6.45) is 0. The van der Waals surface area contributed by atoms with Crippen molar-refractivity contribution in [3.8, 4) is 5.75 Å². The minimum absolute atomic E-state index is 0.194. The first-order valence-corrected chi connectivity index (χ1v) is 8.15. The third-order valence-corrected chi connectivity index (χ3v) is 4.41. The number of anilines is 1. The minimum Gasteiger partial charge on any atom is -0.426 e. The Morgan fingerprint density at radius 2 is 1.68 bits per heavy atom. The molecule has 6 heteroatoms. The fourth-order valence-corrected chi connectivity index (χ4v) is 2.96. The quantitative estimate of drug-likeness (QED) is 0.694. The Morgan fingerprint density at radius 3 is 2.23 bits per heavy atom. The lowest BCUT2D eigenvalue weighted by Crippen LogP contribution is -2.13. The lowest BCUT2D eigenvalue weighted by atomic mass is 10.2. The summed E-state index contributed by atoms with van der Waals surface area (Å²) in [5, 5.41) is 0. The van der Waals surface area contributed by atoms with Crippen molar-refractivity contribution in [3.63, 3.8) is 0 Å². The van der Waals surface area contributed by atoms with Crippen molar-refractivity contribution in [2.45, 2.75) is 25.7 Å². The topological polar surface area (TPSA) is 72.5 Å². The lowest BCUT2D eigenvalue weighted by molar-refractivity contribution is -0.131. The average Bonchev–Trinajstić information content (AvgIpc) is 2.41. The third kappa shape index (κ3) is 3.85. The van der Waals surface area contributed by atoms with Crippen molar-refractivity contribution >= 4 is 21.7 Å². The van der Waals surface area contributed by atoms with Crippen molar-refractivity contribution in [2.24, 2.45) is 0 Å². The molecule has 0 spiro atoms. The number of ether oxygens (including phenoxy) is 1. The summed E-state index contributed by atoms with van der Waals surface area (Å²) >= 11 is 0. The number of aryl methyl sites for hydroxylation is 2. The highest BCUT2D eigenvalue weighted by Gasteiger charge is 2.14. The Hall–Kier alpha value is -2.34. The molecule has 0 aliphatic heterocycles. The molecular weight excluding hydrogens is 302 g/mol. The number of nitrogens with one attached hydrogen (secondary N) is 1. The Morgan fingerprint density at radius 1 is 1.05 bits per heavy atom. The van der Waals surface area contributed by atoms with Crippen LogP contribution in [0.15, 0.2) is 47.4 Å². The van der Waals surface area contributed by atoms with Gasteiger partial charge in [-0.1, -0.05) is 17.7 Å². The van der Waals surface area contributed by atoms with Crippen LogP contribution in [0.3, 0.4) is 0 Å². The van der Waals surface area contributed by atoms with Crippen LogP contribution in [-0.2, 0) is 14.8 Å². The van der Waals surface area contributed by atoms with E-state index in [4.69, 9.17) is 4.74 Å². The van der Waals surface area contributed by atoms with E-state index < -0.39 is 16.0 Å². The van der Waals surface area contributed by atoms with Gasteiger partial charge in [-0.15, -0.1) is 0 Å². The van der Waals surface area contributed by atoms with E-state index in [0.717, 1.165) is 5.56 Å². The second kappa shape index (κ2) is 6.19. The van der Waals surface area contributed by atoms with E-state index in [-0.39, 0.29) is 4.90 Å². The predicted molar refractivity (Wildman–Crippen MR) is 84.5 cm³/mol. The van der Waals surface area contributed by atoms with Gasteiger partial charge in [-0.2, -0.15) is 0 Å². The summed E-state index contributed by atoms with van der Waals surface area (Å²) in [5.74, 6) is -0.0122. The standard InChI is InChI=1S/C16H17NO4S/c1-11-4-7-15(8-5-11)22(19,20)17-14-6-9-16(12(2)10-14)21-13(3)18/h4-10,17H,1-3H3. The van der Waals surface area contributed by atoms with E-state index in [1.54, 1.807) is 49.4 Å². The number of rotatable bonds is 4. The van der Waals surface area contributed by atoms with Crippen molar-refractivity contribution in [1.29, 1.82) is 0 Å². The van der Waals surface area contributed by atoms with Crippen molar-refractivity contribution in [3.05, 3.63) is 53.6 Å². The molecule has 116 valence electrons. The fraction of sp³-hybridized carbons (Fsp3) is 0.188. The molecule has 0 aliphatic carbocycles. The first-order valence-electron chi connectivity index (χ1n) is 6.66. The van der Waals surface area contributed by atoms with E-state index in [1.165, 1.54) is 6.92 Å². The second-order valence-electron chi connectivity index (χ2n) is 4.99. The number of hydrogen-bond acceptors (Lipinski definition) is 4. The maximum Gasteiger partial charge on any atom is 0.308 e. The number of benzene rings is 2. The van der Waals surface area contributed by atoms with Gasteiger partial charge >= 0.3 is 5.97 Å². The van der Waals surface area contributed by atoms with Crippen LogP contribution in [-0.4, -0.2) is 14.4 Å². The zero-order valence-corrected chi connectivity index (χ0v) is 13.4. The number of carbonyl (C=O) groups excluding carboxylic acids is 1. The van der Waals surface area contributed by atoms with E-state index in [1.807, 2.05) is 6.92 Å². The Balaban J connectivity index is 2.24. The molecule has 2 aromatic carbocycles. The van der Waals surface area contributed by atoms with Crippen LogP contribution in [0.1, 0.15) is 18.1 Å². The van der Waals surface area contributed by atoms with Gasteiger partial charge in [0.2, 0.25) is 0 Å². The van der Waals surface area contributed by atoms with Crippen molar-refractivity contribution in [1.82, 2.24) is 0 Å². The van der Waals surface area contributed by atoms with Crippen LogP contribution in [0, 0.1) is 13.8 Å². The highest BCUT2D eigenvalue weighted by atomic mass is 32.2. The lowest BCUT2D eigenvalue weighted by Gasteiger charge is -2.11. The molecule has 0 saturated carbocycles. The summed E-state index contributed by atoms with van der Waals surface area (Å²) in [7, 11) is -3.64. The van der Waals surface area contributed by atoms with Gasteiger partial charge in [-0.05, 0) is 49.7 Å². The molecule has 0 heterocycles. The van der Waals surface area contributed by atoms with Gasteiger partial charge in [-0.25, -0.2) is 8.42 Å². The van der Waals surface area contributed by atoms with Crippen molar-refractivity contribution in [2.75, 3.05) is 4.72 Å². The number of carbonyl (C=O) groups is 1. The maximum atomic E-state index is 12.3. The molecular formula is C16H17NO4S. The summed E-state index contributed by atoms with van der Waals surface area (Å²) in [5.41, 5.74) is 2.06. The number of hydrogen-bond donors (Lipinski definition) is 1. The van der Waals surface area contributed by atoms with Crippen LogP contribution in [0.25, 0.3) is 0 Å². The Kier molecular flexibility index (Phi) is 4.51. The van der Waals surface area contributed by atoms with E-state index in [9.17, 15) is 13.2 Å². The molecule has 2 rings (SSSR count). The summed E-state index contributed by atoms with van der Waals surface area (Å²) in [6.45, 7) is 4.94.